The van der Waals surface area contributed by atoms with Crippen LogP contribution in [0.4, 0.5) is 20.4 Å². The molecule has 2 heterocycles. The molecule has 144 valence electrons. The van der Waals surface area contributed by atoms with Crippen LogP contribution in [-0.4, -0.2) is 28.5 Å². The highest BCUT2D eigenvalue weighted by atomic mass is 19.2. The van der Waals surface area contributed by atoms with Crippen molar-refractivity contribution in [1.29, 1.82) is 0 Å². The average molecular weight is 382 g/mol. The van der Waals surface area contributed by atoms with Crippen LogP contribution in [0.2, 0.25) is 0 Å². The molecule has 0 fully saturated rings. The van der Waals surface area contributed by atoms with E-state index in [0.29, 0.717) is 24.6 Å². The van der Waals surface area contributed by atoms with Crippen molar-refractivity contribution in [2.24, 2.45) is 0 Å². The zero-order valence-electron chi connectivity index (χ0n) is 15.5. The second-order valence-corrected chi connectivity index (χ2v) is 6.69. The number of nitrogens with one attached hydrogen (secondary N) is 1. The van der Waals surface area contributed by atoms with E-state index in [-0.39, 0.29) is 0 Å². The number of halogens is 2. The van der Waals surface area contributed by atoms with Gasteiger partial charge < -0.3 is 10.1 Å². The summed E-state index contributed by atoms with van der Waals surface area (Å²) in [6.07, 6.45) is 2.52. The summed E-state index contributed by atoms with van der Waals surface area (Å²) >= 11 is 0. The van der Waals surface area contributed by atoms with Crippen LogP contribution in [0.15, 0.2) is 48.7 Å². The molecule has 1 aliphatic rings. The summed E-state index contributed by atoms with van der Waals surface area (Å²) in [6.45, 7) is 1.69. The SMILES string of the molecule is COc1ccc(Nc2ncc3c(n2)CCN(Cc2cccc(F)c2F)C3)cc1. The summed E-state index contributed by atoms with van der Waals surface area (Å²) in [5.41, 5.74) is 3.22. The highest BCUT2D eigenvalue weighted by Gasteiger charge is 2.20. The van der Waals surface area contributed by atoms with Crippen LogP contribution in [0.3, 0.4) is 0 Å². The zero-order chi connectivity index (χ0) is 19.5. The van der Waals surface area contributed by atoms with Crippen molar-refractivity contribution in [2.45, 2.75) is 19.5 Å². The van der Waals surface area contributed by atoms with E-state index < -0.39 is 11.6 Å². The molecule has 0 saturated heterocycles. The molecule has 1 N–H and O–H groups in total. The van der Waals surface area contributed by atoms with E-state index in [4.69, 9.17) is 4.74 Å². The zero-order valence-corrected chi connectivity index (χ0v) is 15.5. The van der Waals surface area contributed by atoms with Gasteiger partial charge >= 0.3 is 0 Å². The monoisotopic (exact) mass is 382 g/mol. The predicted molar refractivity (Wildman–Crippen MR) is 102 cm³/mol. The van der Waals surface area contributed by atoms with E-state index in [1.54, 1.807) is 19.4 Å². The van der Waals surface area contributed by atoms with Crippen molar-refractivity contribution in [3.63, 3.8) is 0 Å². The average Bonchev–Trinajstić information content (AvgIpc) is 2.72. The van der Waals surface area contributed by atoms with Gasteiger partial charge in [0, 0.05) is 49.1 Å². The number of aromatic nitrogens is 2. The highest BCUT2D eigenvalue weighted by molar-refractivity contribution is 5.54. The van der Waals surface area contributed by atoms with Gasteiger partial charge in [-0.3, -0.25) is 4.90 Å². The largest absolute Gasteiger partial charge is 0.497 e. The molecule has 4 rings (SSSR count). The van der Waals surface area contributed by atoms with Crippen molar-refractivity contribution >= 4 is 11.6 Å². The van der Waals surface area contributed by atoms with Crippen LogP contribution in [0.1, 0.15) is 16.8 Å². The summed E-state index contributed by atoms with van der Waals surface area (Å²) in [7, 11) is 1.63. The van der Waals surface area contributed by atoms with E-state index in [0.717, 1.165) is 41.7 Å². The third-order valence-corrected chi connectivity index (χ3v) is 4.78. The van der Waals surface area contributed by atoms with Gasteiger partial charge in [-0.15, -0.1) is 0 Å². The minimum Gasteiger partial charge on any atom is -0.497 e. The van der Waals surface area contributed by atoms with E-state index in [9.17, 15) is 8.78 Å². The number of nitrogens with zero attached hydrogens (tertiary/aromatic N) is 3. The Labute approximate surface area is 162 Å². The fourth-order valence-corrected chi connectivity index (χ4v) is 3.28. The standard InChI is InChI=1S/C21H20F2N4O/c1-28-17-7-5-16(6-8-17)25-21-24-11-15-13-27(10-9-19(15)26-21)12-14-3-2-4-18(22)20(14)23/h2-8,11H,9-10,12-13H2,1H3,(H,24,25,26). The quantitative estimate of drug-likeness (QED) is 0.721. The van der Waals surface area contributed by atoms with E-state index in [2.05, 4.69) is 20.2 Å². The van der Waals surface area contributed by atoms with Gasteiger partial charge in [0.2, 0.25) is 5.95 Å². The van der Waals surface area contributed by atoms with Gasteiger partial charge in [-0.2, -0.15) is 0 Å². The molecule has 0 unspecified atom stereocenters. The topological polar surface area (TPSA) is 50.3 Å². The lowest BCUT2D eigenvalue weighted by atomic mass is 10.1. The Morgan fingerprint density at radius 2 is 1.96 bits per heavy atom. The molecule has 0 atom stereocenters. The number of methoxy groups -OCH3 is 1. The van der Waals surface area contributed by atoms with Crippen molar-refractivity contribution < 1.29 is 13.5 Å². The maximum atomic E-state index is 13.9. The Bertz CT molecular complexity index is 979. The number of ether oxygens (including phenoxy) is 1. The molecule has 0 radical (unpaired) electrons. The molecule has 2 aromatic carbocycles. The summed E-state index contributed by atoms with van der Waals surface area (Å²) in [6, 6.07) is 11.8. The Balaban J connectivity index is 1.44. The van der Waals surface area contributed by atoms with Gasteiger partial charge in [-0.25, -0.2) is 18.7 Å². The molecule has 1 aromatic heterocycles. The Kier molecular flexibility index (Phi) is 5.16. The molecule has 0 bridgehead atoms. The van der Waals surface area contributed by atoms with E-state index in [1.165, 1.54) is 6.07 Å². The van der Waals surface area contributed by atoms with Crippen LogP contribution in [0, 0.1) is 11.6 Å². The number of hydrogen-bond acceptors (Lipinski definition) is 5. The first kappa shape index (κ1) is 18.3. The Morgan fingerprint density at radius 1 is 1.14 bits per heavy atom. The molecule has 0 aliphatic carbocycles. The summed E-state index contributed by atoms with van der Waals surface area (Å²) in [5, 5.41) is 3.19. The number of anilines is 2. The maximum absolute atomic E-state index is 13.9. The fraction of sp³-hybridized carbons (Fsp3) is 0.238. The normalized spacial score (nSPS) is 13.8. The number of fused-ring (bicyclic) bond motifs is 1. The molecule has 5 nitrogen and oxygen atoms in total. The molecule has 3 aromatic rings. The summed E-state index contributed by atoms with van der Waals surface area (Å²) < 4.78 is 32.5. The highest BCUT2D eigenvalue weighted by Crippen LogP contribution is 2.23. The lowest BCUT2D eigenvalue weighted by Crippen LogP contribution is -2.31. The molecule has 7 heteroatoms. The Hall–Kier alpha value is -3.06. The van der Waals surface area contributed by atoms with Gasteiger partial charge in [0.05, 0.1) is 12.8 Å². The molecule has 0 amide bonds. The van der Waals surface area contributed by atoms with E-state index >= 15 is 0 Å². The fourth-order valence-electron chi connectivity index (χ4n) is 3.28. The molecular formula is C21H20F2N4O. The number of hydrogen-bond donors (Lipinski definition) is 1. The smallest absolute Gasteiger partial charge is 0.227 e. The minimum atomic E-state index is -0.813. The van der Waals surface area contributed by atoms with Crippen molar-refractivity contribution in [3.8, 4) is 5.75 Å². The molecular weight excluding hydrogens is 362 g/mol. The van der Waals surface area contributed by atoms with Crippen molar-refractivity contribution in [3.05, 3.63) is 77.1 Å². The third-order valence-electron chi connectivity index (χ3n) is 4.78. The van der Waals surface area contributed by atoms with Crippen LogP contribution >= 0.6 is 0 Å². The summed E-state index contributed by atoms with van der Waals surface area (Å²) in [4.78, 5) is 11.1. The van der Waals surface area contributed by atoms with Crippen molar-refractivity contribution in [2.75, 3.05) is 19.0 Å². The van der Waals surface area contributed by atoms with Gasteiger partial charge in [0.15, 0.2) is 11.6 Å². The van der Waals surface area contributed by atoms with Gasteiger partial charge in [0.25, 0.3) is 0 Å². The first-order valence-electron chi connectivity index (χ1n) is 9.03. The van der Waals surface area contributed by atoms with E-state index in [1.807, 2.05) is 24.3 Å². The lowest BCUT2D eigenvalue weighted by molar-refractivity contribution is 0.238. The van der Waals surface area contributed by atoms with Gasteiger partial charge in [0.1, 0.15) is 5.75 Å². The molecule has 1 aliphatic heterocycles. The second kappa shape index (κ2) is 7.90. The molecule has 28 heavy (non-hydrogen) atoms. The second-order valence-electron chi connectivity index (χ2n) is 6.69. The van der Waals surface area contributed by atoms with Crippen LogP contribution in [-0.2, 0) is 19.5 Å². The number of benzene rings is 2. The van der Waals surface area contributed by atoms with Gasteiger partial charge in [-0.05, 0) is 30.3 Å². The minimum absolute atomic E-state index is 0.356. The van der Waals surface area contributed by atoms with Gasteiger partial charge in [-0.1, -0.05) is 12.1 Å². The van der Waals surface area contributed by atoms with Crippen LogP contribution < -0.4 is 10.1 Å². The first-order valence-corrected chi connectivity index (χ1v) is 9.03. The summed E-state index contributed by atoms with van der Waals surface area (Å²) in [5.74, 6) is -0.267. The van der Waals surface area contributed by atoms with Crippen LogP contribution in [0.5, 0.6) is 5.75 Å². The van der Waals surface area contributed by atoms with Crippen molar-refractivity contribution in [1.82, 2.24) is 14.9 Å². The first-order chi connectivity index (χ1) is 13.6. The Morgan fingerprint density at radius 3 is 2.75 bits per heavy atom. The van der Waals surface area contributed by atoms with Crippen LogP contribution in [0.25, 0.3) is 0 Å². The predicted octanol–water partition coefficient (Wildman–Crippen LogP) is 4.07. The lowest BCUT2D eigenvalue weighted by Gasteiger charge is -2.28. The molecule has 0 saturated carbocycles. The molecule has 0 spiro atoms. The third kappa shape index (κ3) is 3.94. The number of rotatable bonds is 5. The maximum Gasteiger partial charge on any atom is 0.227 e.